The number of nitrogens with one attached hydrogen (secondary N) is 1. The van der Waals surface area contributed by atoms with Crippen molar-refractivity contribution in [3.63, 3.8) is 0 Å². The van der Waals surface area contributed by atoms with Crippen LogP contribution in [0.5, 0.6) is 0 Å². The van der Waals surface area contributed by atoms with Gasteiger partial charge in [0.25, 0.3) is 0 Å². The van der Waals surface area contributed by atoms with Gasteiger partial charge in [-0.25, -0.2) is 0 Å². The van der Waals surface area contributed by atoms with Gasteiger partial charge in [-0.2, -0.15) is 0 Å². The van der Waals surface area contributed by atoms with Gasteiger partial charge < -0.3 is 15.0 Å². The quantitative estimate of drug-likeness (QED) is 0.622. The standard InChI is InChI=1S/C16H28N2O/c1-3-5-13-18(16-9-7-6-8-10-16)14-11-17-12-15-19-4-2/h6-10,17H,3-5,11-15H2,1-2H3. The van der Waals surface area contributed by atoms with Crippen LogP contribution in [0.3, 0.4) is 0 Å². The van der Waals surface area contributed by atoms with Crippen LogP contribution >= 0.6 is 0 Å². The number of rotatable bonds is 11. The van der Waals surface area contributed by atoms with Gasteiger partial charge in [-0.1, -0.05) is 31.5 Å². The van der Waals surface area contributed by atoms with Crippen molar-refractivity contribution in [2.75, 3.05) is 44.3 Å². The van der Waals surface area contributed by atoms with Crippen LogP contribution in [-0.2, 0) is 4.74 Å². The Morgan fingerprint density at radius 1 is 1.05 bits per heavy atom. The molecule has 19 heavy (non-hydrogen) atoms. The Bertz CT molecular complexity index is 303. The molecule has 0 aliphatic heterocycles. The molecule has 0 atom stereocenters. The average molecular weight is 264 g/mol. The lowest BCUT2D eigenvalue weighted by atomic mass is 10.2. The summed E-state index contributed by atoms with van der Waals surface area (Å²) in [6, 6.07) is 10.7. The first kappa shape index (κ1) is 16.0. The molecule has 0 aliphatic carbocycles. The molecule has 0 bridgehead atoms. The third-order valence-corrected chi connectivity index (χ3v) is 3.09. The van der Waals surface area contributed by atoms with Gasteiger partial charge in [-0.3, -0.25) is 0 Å². The van der Waals surface area contributed by atoms with E-state index < -0.39 is 0 Å². The molecule has 3 nitrogen and oxygen atoms in total. The predicted octanol–water partition coefficient (Wildman–Crippen LogP) is 2.92. The Hall–Kier alpha value is -1.06. The van der Waals surface area contributed by atoms with Crippen LogP contribution in [0.25, 0.3) is 0 Å². The first-order valence-corrected chi connectivity index (χ1v) is 7.47. The summed E-state index contributed by atoms with van der Waals surface area (Å²) >= 11 is 0. The van der Waals surface area contributed by atoms with Gasteiger partial charge in [0.15, 0.2) is 0 Å². The molecule has 0 radical (unpaired) electrons. The van der Waals surface area contributed by atoms with Gasteiger partial charge in [0.1, 0.15) is 0 Å². The van der Waals surface area contributed by atoms with E-state index >= 15 is 0 Å². The molecule has 0 aliphatic rings. The van der Waals surface area contributed by atoms with Gasteiger partial charge in [-0.05, 0) is 25.5 Å². The Morgan fingerprint density at radius 3 is 2.53 bits per heavy atom. The third-order valence-electron chi connectivity index (χ3n) is 3.09. The van der Waals surface area contributed by atoms with Crippen LogP contribution in [0.15, 0.2) is 30.3 Å². The second-order valence-electron chi connectivity index (χ2n) is 4.62. The summed E-state index contributed by atoms with van der Waals surface area (Å²) in [4.78, 5) is 2.46. The maximum absolute atomic E-state index is 5.31. The predicted molar refractivity (Wildman–Crippen MR) is 82.9 cm³/mol. The molecule has 0 amide bonds. The molecule has 0 saturated carbocycles. The summed E-state index contributed by atoms with van der Waals surface area (Å²) in [5, 5.41) is 3.43. The average Bonchev–Trinajstić information content (AvgIpc) is 2.46. The first-order chi connectivity index (χ1) is 9.38. The molecule has 0 heterocycles. The zero-order chi connectivity index (χ0) is 13.8. The summed E-state index contributed by atoms with van der Waals surface area (Å²) < 4.78 is 5.31. The van der Waals surface area contributed by atoms with Crippen LogP contribution in [0.2, 0.25) is 0 Å². The molecule has 0 spiro atoms. The van der Waals surface area contributed by atoms with Crippen molar-refractivity contribution in [2.45, 2.75) is 26.7 Å². The van der Waals surface area contributed by atoms with E-state index in [0.717, 1.165) is 39.4 Å². The van der Waals surface area contributed by atoms with Crippen LogP contribution in [0.1, 0.15) is 26.7 Å². The molecular formula is C16H28N2O. The number of hydrogen-bond acceptors (Lipinski definition) is 3. The minimum absolute atomic E-state index is 0.800. The fourth-order valence-corrected chi connectivity index (χ4v) is 1.99. The van der Waals surface area contributed by atoms with E-state index in [9.17, 15) is 0 Å². The van der Waals surface area contributed by atoms with Crippen molar-refractivity contribution in [3.8, 4) is 0 Å². The minimum atomic E-state index is 0.800. The molecule has 0 saturated heterocycles. The van der Waals surface area contributed by atoms with Crippen LogP contribution in [0.4, 0.5) is 5.69 Å². The van der Waals surface area contributed by atoms with E-state index in [-0.39, 0.29) is 0 Å². The molecule has 3 heteroatoms. The number of para-hydroxylation sites is 1. The van der Waals surface area contributed by atoms with Gasteiger partial charge in [0, 0.05) is 38.5 Å². The zero-order valence-corrected chi connectivity index (χ0v) is 12.4. The lowest BCUT2D eigenvalue weighted by Gasteiger charge is -2.25. The maximum atomic E-state index is 5.31. The smallest absolute Gasteiger partial charge is 0.0590 e. The molecule has 1 N–H and O–H groups in total. The second-order valence-corrected chi connectivity index (χ2v) is 4.62. The summed E-state index contributed by atoms with van der Waals surface area (Å²) in [7, 11) is 0. The van der Waals surface area contributed by atoms with E-state index in [1.54, 1.807) is 0 Å². The molecule has 1 rings (SSSR count). The number of ether oxygens (including phenoxy) is 1. The number of anilines is 1. The highest BCUT2D eigenvalue weighted by molar-refractivity contribution is 5.45. The molecule has 1 aromatic carbocycles. The molecule has 0 unspecified atom stereocenters. The Labute approximate surface area is 118 Å². The normalized spacial score (nSPS) is 10.6. The number of nitrogens with zero attached hydrogens (tertiary/aromatic N) is 1. The van der Waals surface area contributed by atoms with Crippen molar-refractivity contribution in [3.05, 3.63) is 30.3 Å². The molecular weight excluding hydrogens is 236 g/mol. The van der Waals surface area contributed by atoms with Crippen LogP contribution in [0, 0.1) is 0 Å². The first-order valence-electron chi connectivity index (χ1n) is 7.47. The van der Waals surface area contributed by atoms with Crippen molar-refractivity contribution < 1.29 is 4.74 Å². The SMILES string of the molecule is CCCCN(CCNCCOCC)c1ccccc1. The summed E-state index contributed by atoms with van der Waals surface area (Å²) in [6.07, 6.45) is 2.48. The molecule has 1 aromatic rings. The highest BCUT2D eigenvalue weighted by atomic mass is 16.5. The number of hydrogen-bond donors (Lipinski definition) is 1. The van der Waals surface area contributed by atoms with Crippen LogP contribution in [-0.4, -0.2) is 39.4 Å². The molecule has 0 aromatic heterocycles. The highest BCUT2D eigenvalue weighted by Gasteiger charge is 2.04. The monoisotopic (exact) mass is 264 g/mol. The summed E-state index contributed by atoms with van der Waals surface area (Å²) in [5.74, 6) is 0. The van der Waals surface area contributed by atoms with Crippen LogP contribution < -0.4 is 10.2 Å². The van der Waals surface area contributed by atoms with Crippen molar-refractivity contribution >= 4 is 5.69 Å². The van der Waals surface area contributed by atoms with Gasteiger partial charge in [0.2, 0.25) is 0 Å². The van der Waals surface area contributed by atoms with Crippen molar-refractivity contribution in [1.29, 1.82) is 0 Å². The third kappa shape index (κ3) is 7.19. The Balaban J connectivity index is 2.30. The largest absolute Gasteiger partial charge is 0.380 e. The van der Waals surface area contributed by atoms with E-state index in [1.165, 1.54) is 18.5 Å². The van der Waals surface area contributed by atoms with Crippen molar-refractivity contribution in [1.82, 2.24) is 5.32 Å². The van der Waals surface area contributed by atoms with E-state index in [0.29, 0.717) is 0 Å². The fourth-order valence-electron chi connectivity index (χ4n) is 1.99. The van der Waals surface area contributed by atoms with E-state index in [1.807, 2.05) is 6.92 Å². The van der Waals surface area contributed by atoms with E-state index in [2.05, 4.69) is 47.5 Å². The molecule has 0 fully saturated rings. The number of unbranched alkanes of at least 4 members (excludes halogenated alkanes) is 1. The second kappa shape index (κ2) is 10.8. The lowest BCUT2D eigenvalue weighted by Crippen LogP contribution is -2.34. The minimum Gasteiger partial charge on any atom is -0.380 e. The van der Waals surface area contributed by atoms with Gasteiger partial charge in [0.05, 0.1) is 6.61 Å². The topological polar surface area (TPSA) is 24.5 Å². The van der Waals surface area contributed by atoms with Gasteiger partial charge in [-0.15, -0.1) is 0 Å². The summed E-state index contributed by atoms with van der Waals surface area (Å²) in [5.41, 5.74) is 1.32. The fraction of sp³-hybridized carbons (Fsp3) is 0.625. The Morgan fingerprint density at radius 2 is 1.84 bits per heavy atom. The zero-order valence-electron chi connectivity index (χ0n) is 12.4. The maximum Gasteiger partial charge on any atom is 0.0590 e. The highest BCUT2D eigenvalue weighted by Crippen LogP contribution is 2.13. The van der Waals surface area contributed by atoms with E-state index in [4.69, 9.17) is 4.74 Å². The Kier molecular flexibility index (Phi) is 9.11. The molecule has 108 valence electrons. The van der Waals surface area contributed by atoms with Gasteiger partial charge >= 0.3 is 0 Å². The van der Waals surface area contributed by atoms with Crippen molar-refractivity contribution in [2.24, 2.45) is 0 Å². The number of benzene rings is 1. The lowest BCUT2D eigenvalue weighted by molar-refractivity contribution is 0.149. The summed E-state index contributed by atoms with van der Waals surface area (Å²) in [6.45, 7) is 10.00.